The highest BCUT2D eigenvalue weighted by Gasteiger charge is 2.44. The fourth-order valence-electron chi connectivity index (χ4n) is 3.52. The molecule has 1 atom stereocenters. The molecule has 0 amide bonds. The Labute approximate surface area is 116 Å². The third-order valence-corrected chi connectivity index (χ3v) is 5.00. The number of fused-ring (bicyclic) bond motifs is 1. The van der Waals surface area contributed by atoms with Gasteiger partial charge in [0.05, 0.1) is 0 Å². The van der Waals surface area contributed by atoms with Crippen molar-refractivity contribution in [3.8, 4) is 5.75 Å². The van der Waals surface area contributed by atoms with E-state index in [1.165, 1.54) is 24.0 Å². The number of nitrogens with two attached hydrogens (primary N) is 1. The van der Waals surface area contributed by atoms with Crippen LogP contribution in [0.5, 0.6) is 5.75 Å². The Morgan fingerprint density at radius 1 is 1.16 bits per heavy atom. The molecule has 1 aromatic rings. The number of hydrogen-bond acceptors (Lipinski definition) is 2. The highest BCUT2D eigenvalue weighted by atomic mass is 16.5. The molecule has 19 heavy (non-hydrogen) atoms. The van der Waals surface area contributed by atoms with Gasteiger partial charge in [-0.1, -0.05) is 31.5 Å². The molecule has 2 heteroatoms. The summed E-state index contributed by atoms with van der Waals surface area (Å²) in [5.74, 6) is 1.02. The Balaban J connectivity index is 1.87. The summed E-state index contributed by atoms with van der Waals surface area (Å²) in [5, 5.41) is 0. The molecular weight excluding hydrogens is 234 g/mol. The van der Waals surface area contributed by atoms with E-state index in [1.54, 1.807) is 0 Å². The van der Waals surface area contributed by atoms with Crippen LogP contribution < -0.4 is 10.5 Å². The van der Waals surface area contributed by atoms with Gasteiger partial charge in [0, 0.05) is 18.0 Å². The minimum absolute atomic E-state index is 0.00278. The highest BCUT2D eigenvalue weighted by Crippen LogP contribution is 2.49. The van der Waals surface area contributed by atoms with Crippen LogP contribution in [-0.4, -0.2) is 5.60 Å². The second-order valence-electron chi connectivity index (χ2n) is 7.30. The summed E-state index contributed by atoms with van der Waals surface area (Å²) in [6.07, 6.45) is 5.73. The largest absolute Gasteiger partial charge is 0.487 e. The Morgan fingerprint density at radius 3 is 2.53 bits per heavy atom. The quantitative estimate of drug-likeness (QED) is 0.760. The van der Waals surface area contributed by atoms with Crippen molar-refractivity contribution in [3.63, 3.8) is 0 Å². The number of hydrogen-bond donors (Lipinski definition) is 1. The van der Waals surface area contributed by atoms with Crippen molar-refractivity contribution in [2.24, 2.45) is 11.1 Å². The standard InChI is InChI=1S/C17H25NO/c1-12-4-5-15-13(10-12)14(18)11-17(19-15)8-6-16(2,3)7-9-17/h4-5,10,14H,6-9,11,18H2,1-3H3/t14-/m0/s1. The minimum Gasteiger partial charge on any atom is -0.487 e. The Hall–Kier alpha value is -1.02. The first-order chi connectivity index (χ1) is 8.89. The Morgan fingerprint density at radius 2 is 1.84 bits per heavy atom. The van der Waals surface area contributed by atoms with Crippen LogP contribution >= 0.6 is 0 Å². The molecule has 2 nitrogen and oxygen atoms in total. The number of aryl methyl sites for hydroxylation is 1. The predicted molar refractivity (Wildman–Crippen MR) is 78.3 cm³/mol. The molecule has 1 fully saturated rings. The lowest BCUT2D eigenvalue weighted by Gasteiger charge is -2.47. The molecule has 0 aromatic heterocycles. The fourth-order valence-corrected chi connectivity index (χ4v) is 3.52. The summed E-state index contributed by atoms with van der Waals surface area (Å²) in [6.45, 7) is 6.83. The van der Waals surface area contributed by atoms with Crippen LogP contribution in [0.15, 0.2) is 18.2 Å². The normalized spacial score (nSPS) is 27.7. The zero-order chi connectivity index (χ0) is 13.7. The molecule has 1 heterocycles. The smallest absolute Gasteiger partial charge is 0.124 e. The first-order valence-electron chi connectivity index (χ1n) is 7.44. The lowest BCUT2D eigenvalue weighted by Crippen LogP contribution is -2.47. The topological polar surface area (TPSA) is 35.2 Å². The summed E-state index contributed by atoms with van der Waals surface area (Å²) in [4.78, 5) is 0. The van der Waals surface area contributed by atoms with E-state index < -0.39 is 0 Å². The maximum absolute atomic E-state index is 6.41. The summed E-state index contributed by atoms with van der Waals surface area (Å²) in [6, 6.07) is 6.53. The summed E-state index contributed by atoms with van der Waals surface area (Å²) < 4.78 is 6.40. The summed E-state index contributed by atoms with van der Waals surface area (Å²) >= 11 is 0. The zero-order valence-electron chi connectivity index (χ0n) is 12.3. The molecule has 0 radical (unpaired) electrons. The molecule has 1 saturated carbocycles. The van der Waals surface area contributed by atoms with E-state index in [4.69, 9.17) is 10.5 Å². The van der Waals surface area contributed by atoms with E-state index in [-0.39, 0.29) is 11.6 Å². The van der Waals surface area contributed by atoms with Crippen molar-refractivity contribution < 1.29 is 4.74 Å². The van der Waals surface area contributed by atoms with Gasteiger partial charge in [0.15, 0.2) is 0 Å². The second kappa shape index (κ2) is 4.24. The van der Waals surface area contributed by atoms with Crippen LogP contribution in [0.25, 0.3) is 0 Å². The average Bonchev–Trinajstić information content (AvgIpc) is 2.35. The average molecular weight is 259 g/mol. The van der Waals surface area contributed by atoms with E-state index >= 15 is 0 Å². The minimum atomic E-state index is -0.00278. The van der Waals surface area contributed by atoms with Gasteiger partial charge in [-0.15, -0.1) is 0 Å². The second-order valence-corrected chi connectivity index (χ2v) is 7.30. The molecule has 2 aliphatic rings. The van der Waals surface area contributed by atoms with Gasteiger partial charge in [0.25, 0.3) is 0 Å². The summed E-state index contributed by atoms with van der Waals surface area (Å²) in [5.41, 5.74) is 9.32. The molecule has 3 rings (SSSR count). The van der Waals surface area contributed by atoms with Gasteiger partial charge in [-0.05, 0) is 44.1 Å². The molecule has 104 valence electrons. The highest BCUT2D eigenvalue weighted by molar-refractivity contribution is 5.41. The van der Waals surface area contributed by atoms with Crippen LogP contribution in [0.3, 0.4) is 0 Å². The van der Waals surface area contributed by atoms with E-state index in [1.807, 2.05) is 0 Å². The van der Waals surface area contributed by atoms with Crippen LogP contribution in [0, 0.1) is 12.3 Å². The molecule has 2 N–H and O–H groups in total. The molecule has 0 bridgehead atoms. The maximum Gasteiger partial charge on any atom is 0.124 e. The fraction of sp³-hybridized carbons (Fsp3) is 0.647. The molecule has 1 aliphatic carbocycles. The number of rotatable bonds is 0. The van der Waals surface area contributed by atoms with E-state index in [0.717, 1.165) is 25.0 Å². The van der Waals surface area contributed by atoms with Gasteiger partial charge >= 0.3 is 0 Å². The monoisotopic (exact) mass is 259 g/mol. The Bertz CT molecular complexity index is 482. The van der Waals surface area contributed by atoms with Crippen LogP contribution in [0.4, 0.5) is 0 Å². The van der Waals surface area contributed by atoms with Crippen molar-refractivity contribution in [1.82, 2.24) is 0 Å². The van der Waals surface area contributed by atoms with Crippen LogP contribution in [-0.2, 0) is 0 Å². The third kappa shape index (κ3) is 2.38. The third-order valence-electron chi connectivity index (χ3n) is 5.00. The van der Waals surface area contributed by atoms with Gasteiger partial charge in [-0.2, -0.15) is 0 Å². The zero-order valence-corrected chi connectivity index (χ0v) is 12.3. The van der Waals surface area contributed by atoms with E-state index in [0.29, 0.717) is 5.41 Å². The number of benzene rings is 1. The van der Waals surface area contributed by atoms with Crippen molar-refractivity contribution in [2.45, 2.75) is 64.5 Å². The SMILES string of the molecule is Cc1ccc2c(c1)[C@@H](N)CC1(CCC(C)(C)CC1)O2. The van der Waals surface area contributed by atoms with Gasteiger partial charge in [0.1, 0.15) is 11.4 Å². The van der Waals surface area contributed by atoms with E-state index in [2.05, 4.69) is 39.0 Å². The molecule has 0 unspecified atom stereocenters. The molecule has 1 aliphatic heterocycles. The molecule has 1 spiro atoms. The van der Waals surface area contributed by atoms with Crippen LogP contribution in [0.1, 0.15) is 63.1 Å². The molecular formula is C17H25NO. The lowest BCUT2D eigenvalue weighted by atomic mass is 9.68. The summed E-state index contributed by atoms with van der Waals surface area (Å²) in [7, 11) is 0. The van der Waals surface area contributed by atoms with Gasteiger partial charge in [-0.3, -0.25) is 0 Å². The number of ether oxygens (including phenoxy) is 1. The predicted octanol–water partition coefficient (Wildman–Crippen LogP) is 4.12. The van der Waals surface area contributed by atoms with Crippen molar-refractivity contribution >= 4 is 0 Å². The maximum atomic E-state index is 6.41. The lowest BCUT2D eigenvalue weighted by molar-refractivity contribution is -0.0259. The molecule has 0 saturated heterocycles. The van der Waals surface area contributed by atoms with Crippen molar-refractivity contribution in [3.05, 3.63) is 29.3 Å². The Kier molecular flexibility index (Phi) is 2.90. The van der Waals surface area contributed by atoms with E-state index in [9.17, 15) is 0 Å². The first kappa shape index (κ1) is 13.0. The molecule has 1 aromatic carbocycles. The van der Waals surface area contributed by atoms with Crippen molar-refractivity contribution in [2.75, 3.05) is 0 Å². The van der Waals surface area contributed by atoms with Gasteiger partial charge in [-0.25, -0.2) is 0 Å². The van der Waals surface area contributed by atoms with Gasteiger partial charge in [0.2, 0.25) is 0 Å². The van der Waals surface area contributed by atoms with Gasteiger partial charge < -0.3 is 10.5 Å². The first-order valence-corrected chi connectivity index (χ1v) is 7.44. The van der Waals surface area contributed by atoms with Crippen molar-refractivity contribution in [1.29, 1.82) is 0 Å². The van der Waals surface area contributed by atoms with Crippen LogP contribution in [0.2, 0.25) is 0 Å².